The topological polar surface area (TPSA) is 98.2 Å². The minimum atomic E-state index is -1.10. The van der Waals surface area contributed by atoms with Gasteiger partial charge in [0.1, 0.15) is 11.6 Å². The summed E-state index contributed by atoms with van der Waals surface area (Å²) >= 11 is 12.4. The van der Waals surface area contributed by atoms with Crippen molar-refractivity contribution < 1.29 is 19.1 Å². The number of rotatable bonds is 5. The number of hydrogen-bond donors (Lipinski definition) is 2. The van der Waals surface area contributed by atoms with Crippen molar-refractivity contribution in [2.45, 2.75) is 6.54 Å². The largest absolute Gasteiger partial charge is 0.508 e. The molecule has 0 aliphatic rings. The zero-order chi connectivity index (χ0) is 22.3. The lowest BCUT2D eigenvalue weighted by molar-refractivity contribution is -0.114. The highest BCUT2D eigenvalue weighted by molar-refractivity contribution is 6.44. The predicted molar refractivity (Wildman–Crippen MR) is 116 cm³/mol. The van der Waals surface area contributed by atoms with E-state index in [-0.39, 0.29) is 33.5 Å². The number of carbonyl (C=O) groups is 2. The third-order valence-corrected chi connectivity index (χ3v) is 5.41. The van der Waals surface area contributed by atoms with Gasteiger partial charge >= 0.3 is 0 Å². The van der Waals surface area contributed by atoms with E-state index < -0.39 is 17.5 Å². The molecule has 9 heteroatoms. The van der Waals surface area contributed by atoms with Crippen LogP contribution in [-0.4, -0.2) is 26.3 Å². The lowest BCUT2D eigenvalue weighted by atomic mass is 10.0. The molecule has 3 N–H and O–H groups in total. The van der Waals surface area contributed by atoms with Gasteiger partial charge in [0.25, 0.3) is 11.7 Å². The third kappa shape index (κ3) is 3.85. The van der Waals surface area contributed by atoms with Crippen LogP contribution in [0.25, 0.3) is 22.0 Å². The van der Waals surface area contributed by atoms with Gasteiger partial charge in [-0.2, -0.15) is 0 Å². The maximum absolute atomic E-state index is 14.6. The summed E-state index contributed by atoms with van der Waals surface area (Å²) in [6, 6.07) is 8.95. The summed E-state index contributed by atoms with van der Waals surface area (Å²) in [4.78, 5) is 27.6. The number of phenols is 1. The molecule has 0 bridgehead atoms. The average Bonchev–Trinajstić information content (AvgIpc) is 3.06. The van der Waals surface area contributed by atoms with Crippen LogP contribution in [0.15, 0.2) is 55.0 Å². The zero-order valence-electron chi connectivity index (χ0n) is 15.8. The number of aromatic nitrogens is 2. The number of carbonyl (C=O) groups excluding carboxylic acids is 2. The van der Waals surface area contributed by atoms with Crippen molar-refractivity contribution in [2.75, 3.05) is 0 Å². The molecule has 0 saturated carbocycles. The van der Waals surface area contributed by atoms with Gasteiger partial charge in [-0.15, -0.1) is 0 Å². The second kappa shape index (κ2) is 8.02. The molecule has 2 heterocycles. The summed E-state index contributed by atoms with van der Waals surface area (Å²) in [5.74, 6) is -2.54. The van der Waals surface area contributed by atoms with E-state index in [4.69, 9.17) is 28.9 Å². The van der Waals surface area contributed by atoms with Gasteiger partial charge in [0, 0.05) is 47.2 Å². The molecule has 0 aliphatic carbocycles. The number of nitrogens with zero attached hydrogens (tertiary/aromatic N) is 2. The molecule has 2 aromatic heterocycles. The second-order valence-corrected chi connectivity index (χ2v) is 7.67. The van der Waals surface area contributed by atoms with Crippen molar-refractivity contribution in [2.24, 2.45) is 5.73 Å². The first-order valence-corrected chi connectivity index (χ1v) is 9.75. The lowest BCUT2D eigenvalue weighted by Crippen LogP contribution is -2.22. The molecule has 156 valence electrons. The maximum Gasteiger partial charge on any atom is 0.289 e. The van der Waals surface area contributed by atoms with E-state index in [1.807, 2.05) is 0 Å². The summed E-state index contributed by atoms with van der Waals surface area (Å²) < 4.78 is 16.3. The smallest absolute Gasteiger partial charge is 0.289 e. The fourth-order valence-corrected chi connectivity index (χ4v) is 4.03. The number of amides is 1. The Morgan fingerprint density at radius 2 is 1.81 bits per heavy atom. The molecule has 0 fully saturated rings. The molecule has 4 aromatic rings. The molecular formula is C22H14Cl2FN3O3. The van der Waals surface area contributed by atoms with Gasteiger partial charge in [0.2, 0.25) is 0 Å². The average molecular weight is 458 g/mol. The molecule has 0 atom stereocenters. The fourth-order valence-electron chi connectivity index (χ4n) is 3.46. The van der Waals surface area contributed by atoms with Crippen molar-refractivity contribution in [3.8, 4) is 16.9 Å². The van der Waals surface area contributed by atoms with Crippen LogP contribution in [0.1, 0.15) is 15.9 Å². The number of phenolic OH excluding ortho intramolecular Hbond substituents is 1. The summed E-state index contributed by atoms with van der Waals surface area (Å²) in [5.41, 5.74) is 7.03. The standard InChI is InChI=1S/C22H14Cl2FN3O3/c23-16-7-27-8-17(24)20(16)14-5-11(1-3-18(14)25)9-28-10-15(21(30)22(26)31)13-6-12(29)2-4-19(13)28/h1-8,10,29H,9H2,(H2,26,31). The van der Waals surface area contributed by atoms with Gasteiger partial charge in [-0.25, -0.2) is 4.39 Å². The van der Waals surface area contributed by atoms with Gasteiger partial charge in [0.05, 0.1) is 15.6 Å². The van der Waals surface area contributed by atoms with Gasteiger partial charge in [-0.1, -0.05) is 29.3 Å². The Morgan fingerprint density at radius 1 is 1.10 bits per heavy atom. The summed E-state index contributed by atoms with van der Waals surface area (Å²) in [6.07, 6.45) is 4.23. The van der Waals surface area contributed by atoms with E-state index in [2.05, 4.69) is 4.98 Å². The van der Waals surface area contributed by atoms with Crippen molar-refractivity contribution in [3.05, 3.63) is 82.0 Å². The number of primary amides is 1. The highest BCUT2D eigenvalue weighted by atomic mass is 35.5. The Kier molecular flexibility index (Phi) is 5.39. The highest BCUT2D eigenvalue weighted by Gasteiger charge is 2.20. The molecule has 0 aliphatic heterocycles. The predicted octanol–water partition coefficient (Wildman–Crippen LogP) is 4.57. The normalized spacial score (nSPS) is 11.1. The third-order valence-electron chi connectivity index (χ3n) is 4.84. The molecule has 1 amide bonds. The first-order chi connectivity index (χ1) is 14.8. The van der Waals surface area contributed by atoms with E-state index in [9.17, 15) is 19.1 Å². The maximum atomic E-state index is 14.6. The molecule has 0 spiro atoms. The Bertz CT molecular complexity index is 1350. The SMILES string of the molecule is NC(=O)C(=O)c1cn(Cc2ccc(F)c(-c3c(Cl)cncc3Cl)c2)c2ccc(O)cc12. The Morgan fingerprint density at radius 3 is 2.48 bits per heavy atom. The highest BCUT2D eigenvalue weighted by Crippen LogP contribution is 2.36. The van der Waals surface area contributed by atoms with Gasteiger partial charge in [-0.05, 0) is 35.9 Å². The van der Waals surface area contributed by atoms with Crippen molar-refractivity contribution >= 4 is 45.8 Å². The van der Waals surface area contributed by atoms with Crippen LogP contribution in [-0.2, 0) is 11.3 Å². The molecule has 4 rings (SSSR count). The van der Waals surface area contributed by atoms with Crippen LogP contribution in [0, 0.1) is 5.82 Å². The summed E-state index contributed by atoms with van der Waals surface area (Å²) in [7, 11) is 0. The van der Waals surface area contributed by atoms with Crippen LogP contribution < -0.4 is 5.73 Å². The molecule has 2 aromatic carbocycles. The Balaban J connectivity index is 1.82. The number of hydrogen-bond acceptors (Lipinski definition) is 4. The fraction of sp³-hybridized carbons (Fsp3) is 0.0455. The number of halogens is 3. The van der Waals surface area contributed by atoms with Crippen molar-refractivity contribution in [3.63, 3.8) is 0 Å². The Hall–Kier alpha value is -3.42. The summed E-state index contributed by atoms with van der Waals surface area (Å²) in [6.45, 7) is 0.237. The minimum Gasteiger partial charge on any atom is -0.508 e. The molecule has 31 heavy (non-hydrogen) atoms. The van der Waals surface area contributed by atoms with Crippen LogP contribution in [0.2, 0.25) is 10.0 Å². The number of ketones is 1. The van der Waals surface area contributed by atoms with E-state index in [0.717, 1.165) is 0 Å². The van der Waals surface area contributed by atoms with Crippen LogP contribution in [0.5, 0.6) is 5.75 Å². The number of fused-ring (bicyclic) bond motifs is 1. The van der Waals surface area contributed by atoms with Crippen LogP contribution in [0.4, 0.5) is 4.39 Å². The first-order valence-electron chi connectivity index (χ1n) is 9.00. The number of aromatic hydroxyl groups is 1. The van der Waals surface area contributed by atoms with Crippen molar-refractivity contribution in [1.82, 2.24) is 9.55 Å². The summed E-state index contributed by atoms with van der Waals surface area (Å²) in [5, 5.41) is 10.6. The quantitative estimate of drug-likeness (QED) is 0.338. The molecule has 0 radical (unpaired) electrons. The number of benzene rings is 2. The van der Waals surface area contributed by atoms with E-state index in [0.29, 0.717) is 22.0 Å². The molecule has 0 unspecified atom stereocenters. The van der Waals surface area contributed by atoms with E-state index in [1.54, 1.807) is 22.8 Å². The number of nitrogens with two attached hydrogens (primary N) is 1. The van der Waals surface area contributed by atoms with Crippen molar-refractivity contribution in [1.29, 1.82) is 0 Å². The van der Waals surface area contributed by atoms with Gasteiger partial charge in [0.15, 0.2) is 0 Å². The number of Topliss-reactive ketones (excluding diaryl/α,β-unsaturated/α-hetero) is 1. The van der Waals surface area contributed by atoms with Crippen LogP contribution in [0.3, 0.4) is 0 Å². The van der Waals surface area contributed by atoms with Gasteiger partial charge in [-0.3, -0.25) is 14.6 Å². The zero-order valence-corrected chi connectivity index (χ0v) is 17.3. The monoisotopic (exact) mass is 457 g/mol. The minimum absolute atomic E-state index is 0.0604. The lowest BCUT2D eigenvalue weighted by Gasteiger charge is -2.11. The number of pyridine rings is 1. The van der Waals surface area contributed by atoms with E-state index >= 15 is 0 Å². The molecule has 0 saturated heterocycles. The van der Waals surface area contributed by atoms with Crippen LogP contribution >= 0.6 is 23.2 Å². The molecular weight excluding hydrogens is 444 g/mol. The first kappa shape index (κ1) is 20.8. The van der Waals surface area contributed by atoms with E-state index in [1.165, 1.54) is 36.8 Å². The molecule has 6 nitrogen and oxygen atoms in total. The van der Waals surface area contributed by atoms with Gasteiger partial charge < -0.3 is 15.4 Å². The second-order valence-electron chi connectivity index (χ2n) is 6.86. The Labute approximate surface area is 185 Å².